The van der Waals surface area contributed by atoms with Gasteiger partial charge < -0.3 is 9.84 Å². The summed E-state index contributed by atoms with van der Waals surface area (Å²) in [4.78, 5) is 12.0. The lowest BCUT2D eigenvalue weighted by atomic mass is 10.1. The number of aromatic hydroxyl groups is 1. The van der Waals surface area contributed by atoms with Crippen molar-refractivity contribution in [2.24, 2.45) is 0 Å². The molecule has 0 heterocycles. The second-order valence-electron chi connectivity index (χ2n) is 4.45. The van der Waals surface area contributed by atoms with Gasteiger partial charge in [0.15, 0.2) is 11.5 Å². The Morgan fingerprint density at radius 3 is 2.55 bits per heavy atom. The Morgan fingerprint density at radius 1 is 1.25 bits per heavy atom. The fourth-order valence-corrected chi connectivity index (χ4v) is 2.69. The molecule has 0 saturated heterocycles. The second-order valence-corrected chi connectivity index (χ2v) is 5.50. The number of hydrogen-bond donors (Lipinski definition) is 1. The minimum atomic E-state index is 0.0951. The monoisotopic (exact) mass is 288 g/mol. The molecule has 2 rings (SSSR count). The molecule has 3 nitrogen and oxygen atoms in total. The summed E-state index contributed by atoms with van der Waals surface area (Å²) in [6, 6.07) is 11.4. The van der Waals surface area contributed by atoms with Gasteiger partial charge in [0.2, 0.25) is 0 Å². The minimum absolute atomic E-state index is 0.0951. The van der Waals surface area contributed by atoms with E-state index in [-0.39, 0.29) is 5.75 Å². The highest BCUT2D eigenvalue weighted by Gasteiger charge is 2.10. The van der Waals surface area contributed by atoms with Crippen LogP contribution in [0.4, 0.5) is 0 Å². The number of phenols is 1. The average molecular weight is 288 g/mol. The molecule has 4 heteroatoms. The van der Waals surface area contributed by atoms with Gasteiger partial charge in [0, 0.05) is 21.8 Å². The van der Waals surface area contributed by atoms with E-state index in [0.717, 1.165) is 11.2 Å². The SMILES string of the molecule is COc1cc(C=O)cc(CSc2ccc(C)cc2)c1O. The standard InChI is InChI=1S/C16H16O3S/c1-11-3-5-14(6-4-11)20-10-13-7-12(9-17)8-15(19-2)16(13)18/h3-9,18H,10H2,1-2H3. The highest BCUT2D eigenvalue weighted by Crippen LogP contribution is 2.35. The van der Waals surface area contributed by atoms with E-state index in [2.05, 4.69) is 0 Å². The maximum Gasteiger partial charge on any atom is 0.161 e. The van der Waals surface area contributed by atoms with Crippen LogP contribution in [-0.2, 0) is 5.75 Å². The van der Waals surface area contributed by atoms with Crippen LogP contribution in [0, 0.1) is 6.92 Å². The predicted molar refractivity (Wildman–Crippen MR) is 80.8 cm³/mol. The first kappa shape index (κ1) is 14.5. The Kier molecular flexibility index (Phi) is 4.69. The molecule has 0 saturated carbocycles. The number of hydrogen-bond acceptors (Lipinski definition) is 4. The fraction of sp³-hybridized carbons (Fsp3) is 0.188. The molecule has 0 fully saturated rings. The van der Waals surface area contributed by atoms with Crippen molar-refractivity contribution in [3.63, 3.8) is 0 Å². The Morgan fingerprint density at radius 2 is 1.95 bits per heavy atom. The molecular formula is C16H16O3S. The largest absolute Gasteiger partial charge is 0.504 e. The number of carbonyl (C=O) groups excluding carboxylic acids is 1. The molecule has 0 radical (unpaired) electrons. The van der Waals surface area contributed by atoms with Crippen LogP contribution < -0.4 is 4.74 Å². The summed E-state index contributed by atoms with van der Waals surface area (Å²) in [6.45, 7) is 2.04. The van der Waals surface area contributed by atoms with Crippen LogP contribution in [0.5, 0.6) is 11.5 Å². The second kappa shape index (κ2) is 6.48. The lowest BCUT2D eigenvalue weighted by molar-refractivity contribution is 0.112. The van der Waals surface area contributed by atoms with Crippen LogP contribution >= 0.6 is 11.8 Å². The molecule has 104 valence electrons. The van der Waals surface area contributed by atoms with E-state index in [1.165, 1.54) is 18.7 Å². The van der Waals surface area contributed by atoms with Gasteiger partial charge in [-0.1, -0.05) is 17.7 Å². The van der Waals surface area contributed by atoms with Gasteiger partial charge in [0.25, 0.3) is 0 Å². The average Bonchev–Trinajstić information content (AvgIpc) is 2.48. The number of ether oxygens (including phenoxy) is 1. The molecule has 2 aromatic carbocycles. The van der Waals surface area contributed by atoms with Crippen molar-refractivity contribution in [1.29, 1.82) is 0 Å². The van der Waals surface area contributed by atoms with Crippen molar-refractivity contribution in [3.05, 3.63) is 53.1 Å². The van der Waals surface area contributed by atoms with Gasteiger partial charge in [-0.15, -0.1) is 11.8 Å². The molecule has 1 N–H and O–H groups in total. The van der Waals surface area contributed by atoms with Crippen molar-refractivity contribution in [2.45, 2.75) is 17.6 Å². The zero-order valence-electron chi connectivity index (χ0n) is 11.4. The van der Waals surface area contributed by atoms with Gasteiger partial charge in [0.1, 0.15) is 6.29 Å². The fourth-order valence-electron chi connectivity index (χ4n) is 1.82. The summed E-state index contributed by atoms with van der Waals surface area (Å²) in [6.07, 6.45) is 0.752. The topological polar surface area (TPSA) is 46.5 Å². The molecule has 20 heavy (non-hydrogen) atoms. The molecule has 0 amide bonds. The lowest BCUT2D eigenvalue weighted by Crippen LogP contribution is -1.92. The van der Waals surface area contributed by atoms with Crippen molar-refractivity contribution in [2.75, 3.05) is 7.11 Å². The first-order valence-corrected chi connectivity index (χ1v) is 7.17. The lowest BCUT2D eigenvalue weighted by Gasteiger charge is -2.10. The van der Waals surface area contributed by atoms with Gasteiger partial charge in [-0.2, -0.15) is 0 Å². The van der Waals surface area contributed by atoms with E-state index in [1.807, 2.05) is 31.2 Å². The van der Waals surface area contributed by atoms with E-state index >= 15 is 0 Å². The molecule has 0 aromatic heterocycles. The molecule has 0 aliphatic heterocycles. The van der Waals surface area contributed by atoms with Gasteiger partial charge in [-0.05, 0) is 31.2 Å². The van der Waals surface area contributed by atoms with Crippen molar-refractivity contribution >= 4 is 18.0 Å². The summed E-state index contributed by atoms with van der Waals surface area (Å²) in [5.41, 5.74) is 2.40. The summed E-state index contributed by atoms with van der Waals surface area (Å²) in [7, 11) is 1.47. The van der Waals surface area contributed by atoms with Crippen molar-refractivity contribution < 1.29 is 14.6 Å². The van der Waals surface area contributed by atoms with Crippen LogP contribution in [0.25, 0.3) is 0 Å². The van der Waals surface area contributed by atoms with Crippen LogP contribution in [0.2, 0.25) is 0 Å². The molecule has 0 aliphatic rings. The Labute approximate surface area is 122 Å². The van der Waals surface area contributed by atoms with Gasteiger partial charge in [0.05, 0.1) is 7.11 Å². The molecule has 0 aliphatic carbocycles. The van der Waals surface area contributed by atoms with Crippen LogP contribution in [-0.4, -0.2) is 18.5 Å². The number of rotatable bonds is 5. The summed E-state index contributed by atoms with van der Waals surface area (Å²) < 4.78 is 5.08. The molecule has 0 atom stereocenters. The van der Waals surface area contributed by atoms with E-state index in [1.54, 1.807) is 17.8 Å². The third kappa shape index (κ3) is 3.33. The van der Waals surface area contributed by atoms with E-state index in [0.29, 0.717) is 22.6 Å². The third-order valence-corrected chi connectivity index (χ3v) is 4.01. The number of methoxy groups -OCH3 is 1. The van der Waals surface area contributed by atoms with Gasteiger partial charge >= 0.3 is 0 Å². The highest BCUT2D eigenvalue weighted by atomic mass is 32.2. The quantitative estimate of drug-likeness (QED) is 0.671. The van der Waals surface area contributed by atoms with E-state index < -0.39 is 0 Å². The third-order valence-electron chi connectivity index (χ3n) is 2.95. The number of carbonyl (C=O) groups is 1. The van der Waals surface area contributed by atoms with Gasteiger partial charge in [-0.25, -0.2) is 0 Å². The summed E-state index contributed by atoms with van der Waals surface area (Å²) >= 11 is 1.60. The number of thioether (sulfide) groups is 1. The first-order valence-electron chi connectivity index (χ1n) is 6.18. The highest BCUT2D eigenvalue weighted by molar-refractivity contribution is 7.98. The van der Waals surface area contributed by atoms with Crippen molar-refractivity contribution in [3.8, 4) is 11.5 Å². The van der Waals surface area contributed by atoms with Crippen molar-refractivity contribution in [1.82, 2.24) is 0 Å². The van der Waals surface area contributed by atoms with Crippen LogP contribution in [0.3, 0.4) is 0 Å². The first-order chi connectivity index (χ1) is 9.63. The Hall–Kier alpha value is -1.94. The smallest absolute Gasteiger partial charge is 0.161 e. The minimum Gasteiger partial charge on any atom is -0.504 e. The zero-order valence-corrected chi connectivity index (χ0v) is 12.2. The van der Waals surface area contributed by atoms with E-state index in [4.69, 9.17) is 4.74 Å². The summed E-state index contributed by atoms with van der Waals surface area (Å²) in [5.74, 6) is 0.999. The molecule has 0 bridgehead atoms. The van der Waals surface area contributed by atoms with E-state index in [9.17, 15) is 9.90 Å². The number of phenolic OH excluding ortho intramolecular Hbond substituents is 1. The van der Waals surface area contributed by atoms with Gasteiger partial charge in [-0.3, -0.25) is 4.79 Å². The molecule has 2 aromatic rings. The van der Waals surface area contributed by atoms with Crippen LogP contribution in [0.1, 0.15) is 21.5 Å². The summed E-state index contributed by atoms with van der Waals surface area (Å²) in [5, 5.41) is 10.1. The number of aldehydes is 1. The predicted octanol–water partition coefficient (Wildman–Crippen LogP) is 3.81. The zero-order chi connectivity index (χ0) is 14.5. The number of aryl methyl sites for hydroxylation is 1. The maximum absolute atomic E-state index is 10.9. The Balaban J connectivity index is 2.20. The number of benzene rings is 2. The normalized spacial score (nSPS) is 10.3. The molecule has 0 spiro atoms. The van der Waals surface area contributed by atoms with Crippen LogP contribution in [0.15, 0.2) is 41.3 Å². The molecular weight excluding hydrogens is 272 g/mol. The maximum atomic E-state index is 10.9. The Bertz CT molecular complexity index is 606. The molecule has 0 unspecified atom stereocenters.